The molecule has 5 rings (SSSR count). The minimum atomic E-state index is -2.93. The smallest absolute Gasteiger partial charge is 0.264 e. The number of carbonyl (C=O) groups excluding carboxylic acids is 1. The summed E-state index contributed by atoms with van der Waals surface area (Å²) in [6.07, 6.45) is 0.950. The van der Waals surface area contributed by atoms with Crippen LogP contribution >= 0.6 is 0 Å². The Labute approximate surface area is 212 Å². The number of piperidine rings is 1. The summed E-state index contributed by atoms with van der Waals surface area (Å²) in [6, 6.07) is 3.93. The highest BCUT2D eigenvalue weighted by Crippen LogP contribution is 2.27. The number of aromatic nitrogens is 6. The highest BCUT2D eigenvalue weighted by atomic mass is 19.3. The largest absolute Gasteiger partial charge is 0.388 e. The Kier molecular flexibility index (Phi) is 6.73. The number of nitrogens with zero attached hydrogens (tertiary/aromatic N) is 7. The molecule has 1 fully saturated rings. The number of aliphatic hydroxyl groups is 1. The zero-order valence-corrected chi connectivity index (χ0v) is 19.9. The predicted molar refractivity (Wildman–Crippen MR) is 126 cm³/mol. The molecule has 10 nitrogen and oxygen atoms in total. The fourth-order valence-electron chi connectivity index (χ4n) is 4.58. The summed E-state index contributed by atoms with van der Waals surface area (Å²) in [5.41, 5.74) is -0.971. The maximum atomic E-state index is 13.5. The van der Waals surface area contributed by atoms with Crippen molar-refractivity contribution in [3.05, 3.63) is 71.2 Å². The predicted octanol–water partition coefficient (Wildman–Crippen LogP) is 2.31. The van der Waals surface area contributed by atoms with Gasteiger partial charge in [0.15, 0.2) is 11.5 Å². The molecule has 38 heavy (non-hydrogen) atoms. The summed E-state index contributed by atoms with van der Waals surface area (Å²) in [5, 5.41) is 19.1. The van der Waals surface area contributed by atoms with Gasteiger partial charge in [-0.3, -0.25) is 18.8 Å². The number of hydrogen-bond acceptors (Lipinski definition) is 6. The number of amides is 1. The van der Waals surface area contributed by atoms with Crippen molar-refractivity contribution in [1.82, 2.24) is 34.0 Å². The molecule has 3 aromatic heterocycles. The van der Waals surface area contributed by atoms with Crippen molar-refractivity contribution < 1.29 is 27.5 Å². The van der Waals surface area contributed by atoms with E-state index in [2.05, 4.69) is 15.2 Å². The monoisotopic (exact) mass is 533 g/mol. The molecule has 0 saturated carbocycles. The van der Waals surface area contributed by atoms with Gasteiger partial charge in [-0.05, 0) is 37.1 Å². The average Bonchev–Trinajstić information content (AvgIpc) is 3.51. The van der Waals surface area contributed by atoms with E-state index in [4.69, 9.17) is 0 Å². The lowest BCUT2D eigenvalue weighted by atomic mass is 9.91. The number of fused-ring (bicyclic) bond motifs is 1. The number of benzene rings is 1. The highest BCUT2D eigenvalue weighted by molar-refractivity contribution is 5.77. The topological polar surface area (TPSA) is 111 Å². The highest BCUT2D eigenvalue weighted by Gasteiger charge is 2.36. The molecule has 200 valence electrons. The Hall–Kier alpha value is -4.07. The van der Waals surface area contributed by atoms with Crippen LogP contribution in [0.4, 0.5) is 17.6 Å². The molecule has 1 aromatic carbocycles. The first-order valence-electron chi connectivity index (χ1n) is 11.8. The van der Waals surface area contributed by atoms with Gasteiger partial charge in [-0.2, -0.15) is 10.2 Å². The molecule has 1 aliphatic rings. The van der Waals surface area contributed by atoms with Gasteiger partial charge in [0.25, 0.3) is 12.0 Å². The Morgan fingerprint density at radius 1 is 1.05 bits per heavy atom. The Bertz CT molecular complexity index is 1510. The second kappa shape index (κ2) is 10.0. The van der Waals surface area contributed by atoms with Crippen molar-refractivity contribution in [2.75, 3.05) is 13.1 Å². The molecule has 1 aliphatic heterocycles. The van der Waals surface area contributed by atoms with E-state index in [0.717, 1.165) is 17.1 Å². The number of likely N-dealkylation sites (tertiary alicyclic amines) is 1. The first-order valence-corrected chi connectivity index (χ1v) is 11.8. The van der Waals surface area contributed by atoms with Crippen molar-refractivity contribution in [3.8, 4) is 5.69 Å². The van der Waals surface area contributed by atoms with Gasteiger partial charge < -0.3 is 10.0 Å². The molecule has 4 heterocycles. The first-order chi connectivity index (χ1) is 18.1. The van der Waals surface area contributed by atoms with Crippen LogP contribution in [-0.4, -0.2) is 70.1 Å². The summed E-state index contributed by atoms with van der Waals surface area (Å²) in [4.78, 5) is 31.4. The molecule has 0 spiro atoms. The van der Waals surface area contributed by atoms with Gasteiger partial charge in [-0.25, -0.2) is 27.2 Å². The lowest BCUT2D eigenvalue weighted by molar-refractivity contribution is -0.138. The third kappa shape index (κ3) is 5.03. The second-order valence-electron chi connectivity index (χ2n) is 9.30. The van der Waals surface area contributed by atoms with Crippen molar-refractivity contribution in [3.63, 3.8) is 0 Å². The van der Waals surface area contributed by atoms with Crippen LogP contribution in [0.5, 0.6) is 0 Å². The fourth-order valence-corrected chi connectivity index (χ4v) is 4.58. The van der Waals surface area contributed by atoms with Crippen LogP contribution in [0, 0.1) is 11.6 Å². The third-order valence-electron chi connectivity index (χ3n) is 6.72. The lowest BCUT2D eigenvalue weighted by Gasteiger charge is -2.38. The van der Waals surface area contributed by atoms with E-state index >= 15 is 0 Å². The minimum absolute atomic E-state index is 0.0890. The lowest BCUT2D eigenvalue weighted by Crippen LogP contribution is -2.50. The summed E-state index contributed by atoms with van der Waals surface area (Å²) >= 11 is 0. The number of rotatable bonds is 7. The van der Waals surface area contributed by atoms with Crippen molar-refractivity contribution in [1.29, 1.82) is 0 Å². The van der Waals surface area contributed by atoms with Crippen LogP contribution < -0.4 is 5.56 Å². The number of hydrogen-bond donors (Lipinski definition) is 1. The molecule has 14 heteroatoms. The van der Waals surface area contributed by atoms with Gasteiger partial charge >= 0.3 is 0 Å². The fraction of sp³-hybridized carbons (Fsp3) is 0.375. The zero-order valence-electron chi connectivity index (χ0n) is 19.9. The average molecular weight is 533 g/mol. The van der Waals surface area contributed by atoms with Crippen molar-refractivity contribution >= 4 is 16.9 Å². The Morgan fingerprint density at radius 2 is 1.76 bits per heavy atom. The van der Waals surface area contributed by atoms with Crippen LogP contribution in [0.15, 0.2) is 54.0 Å². The van der Waals surface area contributed by atoms with Gasteiger partial charge in [0.2, 0.25) is 5.91 Å². The van der Waals surface area contributed by atoms with Gasteiger partial charge in [0, 0.05) is 13.1 Å². The van der Waals surface area contributed by atoms with Crippen LogP contribution in [0.1, 0.15) is 25.3 Å². The second-order valence-corrected chi connectivity index (χ2v) is 9.30. The van der Waals surface area contributed by atoms with E-state index in [0.29, 0.717) is 5.69 Å². The van der Waals surface area contributed by atoms with E-state index in [-0.39, 0.29) is 43.5 Å². The van der Waals surface area contributed by atoms with E-state index < -0.39 is 47.6 Å². The summed E-state index contributed by atoms with van der Waals surface area (Å²) in [7, 11) is 0. The maximum Gasteiger partial charge on any atom is 0.264 e. The molecule has 0 unspecified atom stereocenters. The molecular weight excluding hydrogens is 510 g/mol. The normalized spacial score (nSPS) is 16.3. The Balaban J connectivity index is 1.25. The van der Waals surface area contributed by atoms with Crippen molar-refractivity contribution in [2.24, 2.45) is 0 Å². The van der Waals surface area contributed by atoms with Crippen LogP contribution in [0.25, 0.3) is 16.7 Å². The number of carbonyl (C=O) groups is 1. The summed E-state index contributed by atoms with van der Waals surface area (Å²) < 4.78 is 56.9. The Morgan fingerprint density at radius 3 is 2.39 bits per heavy atom. The first kappa shape index (κ1) is 25.6. The summed E-state index contributed by atoms with van der Waals surface area (Å²) in [5.74, 6) is -1.76. The van der Waals surface area contributed by atoms with Gasteiger partial charge in [0.1, 0.15) is 23.6 Å². The van der Waals surface area contributed by atoms with Crippen LogP contribution in [0.3, 0.4) is 0 Å². The molecule has 1 N–H and O–H groups in total. The van der Waals surface area contributed by atoms with E-state index in [9.17, 15) is 32.3 Å². The van der Waals surface area contributed by atoms with E-state index in [1.54, 1.807) is 0 Å². The van der Waals surface area contributed by atoms with Crippen molar-refractivity contribution in [2.45, 2.75) is 43.9 Å². The SMILES string of the molecule is O=C(C[C@H](C(F)F)n1cc(F)cn1)N1CCC(O)(Cn2cnc3c(cnn3-c3ccc(F)cc3)c2=O)CC1. The standard InChI is InChI=1S/C24H23F4N7O3/c25-15-1-3-17(4-2-15)35-22-18(11-31-35)23(37)33(14-29-22)13-24(38)5-7-32(8-6-24)20(36)9-19(21(27)28)34-12-16(26)10-30-34/h1-4,10-12,14,19,21,38H,5-9,13H2/t19-/m1/s1. The molecule has 0 radical (unpaired) electrons. The quantitative estimate of drug-likeness (QED) is 0.365. The van der Waals surface area contributed by atoms with E-state index in [1.165, 1.54) is 50.9 Å². The summed E-state index contributed by atoms with van der Waals surface area (Å²) in [6.45, 7) is 0.0854. The molecule has 4 aromatic rings. The van der Waals surface area contributed by atoms with Crippen LogP contribution in [-0.2, 0) is 11.3 Å². The molecule has 1 atom stereocenters. The maximum absolute atomic E-state index is 13.5. The molecule has 1 amide bonds. The number of halogens is 4. The van der Waals surface area contributed by atoms with E-state index in [1.807, 2.05) is 0 Å². The molecule has 1 saturated heterocycles. The molecule has 0 aliphatic carbocycles. The molecule has 0 bridgehead atoms. The van der Waals surface area contributed by atoms with Gasteiger partial charge in [-0.15, -0.1) is 0 Å². The van der Waals surface area contributed by atoms with Crippen LogP contribution in [0.2, 0.25) is 0 Å². The third-order valence-corrected chi connectivity index (χ3v) is 6.72. The number of alkyl halides is 2. The van der Waals surface area contributed by atoms with Gasteiger partial charge in [0.05, 0.1) is 42.8 Å². The molecular formula is C24H23F4N7O3. The zero-order chi connectivity index (χ0) is 27.0. The van der Waals surface area contributed by atoms with Gasteiger partial charge in [-0.1, -0.05) is 0 Å². The minimum Gasteiger partial charge on any atom is -0.388 e.